The molecule has 0 aromatic carbocycles. The van der Waals surface area contributed by atoms with Crippen molar-refractivity contribution in [1.29, 1.82) is 0 Å². The number of hydrogen-bond donors (Lipinski definition) is 8. The molecule has 16 heteroatoms. The van der Waals surface area contributed by atoms with Gasteiger partial charge < -0.3 is 56.3 Å². The van der Waals surface area contributed by atoms with Gasteiger partial charge in [0.1, 0.15) is 42.5 Å². The highest BCUT2D eigenvalue weighted by molar-refractivity contribution is 5.92. The standard InChI is InChI=1S/C19H32N4O12/c1-7(16(29)22-9(15(20)28)4-5-11(25)26)21-17(30)8(2)34-14-12(23(3)19(32)33)18(31)35-10(6-24)13(14)27/h7-10,12-14,18,24,27,31H,4-6H2,1-3H3,(H2,20,28)(H,21,30)(H,22,29)(H,25,26)(H,32,33)/t7-,8-,9-,10-,12-,13-,14-,18-/m1/s1. The van der Waals surface area contributed by atoms with Crippen molar-refractivity contribution in [2.75, 3.05) is 13.7 Å². The first-order valence-corrected chi connectivity index (χ1v) is 10.6. The van der Waals surface area contributed by atoms with Gasteiger partial charge in [0.2, 0.25) is 17.7 Å². The van der Waals surface area contributed by atoms with Gasteiger partial charge in [-0.15, -0.1) is 0 Å². The smallest absolute Gasteiger partial charge is 0.407 e. The number of nitrogens with two attached hydrogens (primary N) is 1. The molecule has 1 aliphatic rings. The van der Waals surface area contributed by atoms with Crippen LogP contribution in [0.5, 0.6) is 0 Å². The summed E-state index contributed by atoms with van der Waals surface area (Å²) >= 11 is 0. The van der Waals surface area contributed by atoms with E-state index in [2.05, 4.69) is 10.6 Å². The number of aliphatic hydroxyl groups is 3. The van der Waals surface area contributed by atoms with Crippen LogP contribution in [0, 0.1) is 0 Å². The summed E-state index contributed by atoms with van der Waals surface area (Å²) in [7, 11) is 1.08. The van der Waals surface area contributed by atoms with Crippen molar-refractivity contribution < 1.29 is 59.0 Å². The predicted octanol–water partition coefficient (Wildman–Crippen LogP) is -3.85. The molecule has 8 atom stereocenters. The van der Waals surface area contributed by atoms with E-state index >= 15 is 0 Å². The quantitative estimate of drug-likeness (QED) is 0.126. The number of likely N-dealkylation sites (N-methyl/N-ethyl adjacent to an activating group) is 1. The van der Waals surface area contributed by atoms with Crippen molar-refractivity contribution in [3.63, 3.8) is 0 Å². The van der Waals surface area contributed by atoms with Crippen molar-refractivity contribution in [2.45, 2.75) is 75.5 Å². The third kappa shape index (κ3) is 8.29. The van der Waals surface area contributed by atoms with E-state index in [1.807, 2.05) is 0 Å². The number of amides is 4. The van der Waals surface area contributed by atoms with Crippen LogP contribution in [-0.2, 0) is 28.7 Å². The average Bonchev–Trinajstić information content (AvgIpc) is 2.77. The summed E-state index contributed by atoms with van der Waals surface area (Å²) in [5, 5.41) is 52.6. The number of ether oxygens (including phenoxy) is 2. The number of carboxylic acid groups (broad SMARTS) is 2. The summed E-state index contributed by atoms with van der Waals surface area (Å²) in [5.74, 6) is -3.88. The van der Waals surface area contributed by atoms with E-state index in [1.54, 1.807) is 0 Å². The zero-order valence-corrected chi connectivity index (χ0v) is 19.4. The Kier molecular flexibility index (Phi) is 11.3. The molecule has 0 unspecified atom stereocenters. The Morgan fingerprint density at radius 3 is 2.17 bits per heavy atom. The molecule has 0 spiro atoms. The Hall–Kier alpha value is -3.05. The fourth-order valence-corrected chi connectivity index (χ4v) is 3.31. The Morgan fingerprint density at radius 1 is 1.09 bits per heavy atom. The number of carbonyl (C=O) groups excluding carboxylic acids is 3. The molecular weight excluding hydrogens is 476 g/mol. The van der Waals surface area contributed by atoms with Gasteiger partial charge in [-0.1, -0.05) is 0 Å². The lowest BCUT2D eigenvalue weighted by atomic mass is 9.95. The lowest BCUT2D eigenvalue weighted by Gasteiger charge is -2.45. The number of carbonyl (C=O) groups is 5. The van der Waals surface area contributed by atoms with Crippen molar-refractivity contribution in [3.05, 3.63) is 0 Å². The van der Waals surface area contributed by atoms with Gasteiger partial charge in [-0.2, -0.15) is 0 Å². The highest BCUT2D eigenvalue weighted by atomic mass is 16.6. The van der Waals surface area contributed by atoms with Crippen LogP contribution >= 0.6 is 0 Å². The Morgan fingerprint density at radius 2 is 1.69 bits per heavy atom. The molecule has 4 amide bonds. The molecule has 1 aliphatic heterocycles. The maximum absolute atomic E-state index is 12.6. The molecule has 1 fully saturated rings. The van der Waals surface area contributed by atoms with E-state index in [1.165, 1.54) is 13.8 Å². The number of rotatable bonds is 12. The lowest BCUT2D eigenvalue weighted by Crippen LogP contribution is -2.66. The molecular formula is C19H32N4O12. The van der Waals surface area contributed by atoms with Crippen LogP contribution in [0.15, 0.2) is 0 Å². The van der Waals surface area contributed by atoms with Gasteiger partial charge in [-0.3, -0.25) is 19.2 Å². The SMILES string of the molecule is C[C@@H](NC(=O)[C@@H](C)O[C@H]1[C@H](O)[C@@H](CO)O[C@@H](O)[C@@H]1N(C)C(=O)O)C(=O)N[C@H](CCC(=O)O)C(N)=O. The zero-order valence-electron chi connectivity index (χ0n) is 19.4. The van der Waals surface area contributed by atoms with Gasteiger partial charge >= 0.3 is 12.1 Å². The molecule has 0 saturated carbocycles. The number of aliphatic hydroxyl groups excluding tert-OH is 3. The number of nitrogens with one attached hydrogen (secondary N) is 2. The third-order valence-corrected chi connectivity index (χ3v) is 5.38. The molecule has 1 heterocycles. The van der Waals surface area contributed by atoms with E-state index in [0.29, 0.717) is 4.90 Å². The van der Waals surface area contributed by atoms with Gasteiger partial charge in [0.15, 0.2) is 6.29 Å². The first-order chi connectivity index (χ1) is 16.2. The molecule has 16 nitrogen and oxygen atoms in total. The molecule has 0 bridgehead atoms. The number of nitrogens with zero attached hydrogens (tertiary/aromatic N) is 1. The van der Waals surface area contributed by atoms with Crippen molar-refractivity contribution in [3.8, 4) is 0 Å². The van der Waals surface area contributed by atoms with Crippen LogP contribution in [0.3, 0.4) is 0 Å². The molecule has 9 N–H and O–H groups in total. The second-order valence-electron chi connectivity index (χ2n) is 7.99. The number of carboxylic acids is 1. The molecule has 200 valence electrons. The maximum atomic E-state index is 12.6. The third-order valence-electron chi connectivity index (χ3n) is 5.38. The summed E-state index contributed by atoms with van der Waals surface area (Å²) in [5.41, 5.74) is 5.16. The molecule has 0 aromatic heterocycles. The van der Waals surface area contributed by atoms with Gasteiger partial charge in [0, 0.05) is 13.5 Å². The summed E-state index contributed by atoms with van der Waals surface area (Å²) in [6.45, 7) is 1.77. The van der Waals surface area contributed by atoms with Crippen LogP contribution in [0.2, 0.25) is 0 Å². The Balaban J connectivity index is 2.87. The molecule has 0 radical (unpaired) electrons. The summed E-state index contributed by atoms with van der Waals surface area (Å²) in [4.78, 5) is 59.1. The topological polar surface area (TPSA) is 258 Å². The van der Waals surface area contributed by atoms with Crippen molar-refractivity contribution >= 4 is 29.8 Å². The van der Waals surface area contributed by atoms with Gasteiger partial charge in [-0.05, 0) is 20.3 Å². The number of aliphatic carboxylic acids is 1. The minimum atomic E-state index is -1.79. The second-order valence-corrected chi connectivity index (χ2v) is 7.99. The van der Waals surface area contributed by atoms with Crippen LogP contribution in [-0.4, -0.2) is 123 Å². The van der Waals surface area contributed by atoms with Gasteiger partial charge in [-0.25, -0.2) is 4.79 Å². The van der Waals surface area contributed by atoms with Crippen molar-refractivity contribution in [2.24, 2.45) is 5.73 Å². The summed E-state index contributed by atoms with van der Waals surface area (Å²) in [6.07, 6.45) is -9.82. The highest BCUT2D eigenvalue weighted by Crippen LogP contribution is 2.27. The molecule has 1 rings (SSSR count). The predicted molar refractivity (Wildman–Crippen MR) is 113 cm³/mol. The van der Waals surface area contributed by atoms with E-state index in [9.17, 15) is 44.4 Å². The van der Waals surface area contributed by atoms with E-state index < -0.39 is 91.6 Å². The average molecular weight is 508 g/mol. The van der Waals surface area contributed by atoms with Crippen LogP contribution in [0.4, 0.5) is 4.79 Å². The Bertz CT molecular complexity index is 796. The van der Waals surface area contributed by atoms with Gasteiger partial charge in [0.25, 0.3) is 0 Å². The summed E-state index contributed by atoms with van der Waals surface area (Å²) in [6, 6.07) is -3.98. The van der Waals surface area contributed by atoms with E-state index in [4.69, 9.17) is 20.3 Å². The van der Waals surface area contributed by atoms with Crippen LogP contribution in [0.1, 0.15) is 26.7 Å². The first-order valence-electron chi connectivity index (χ1n) is 10.6. The molecule has 35 heavy (non-hydrogen) atoms. The van der Waals surface area contributed by atoms with Crippen molar-refractivity contribution in [1.82, 2.24) is 15.5 Å². The fourth-order valence-electron chi connectivity index (χ4n) is 3.31. The lowest BCUT2D eigenvalue weighted by molar-refractivity contribution is -0.278. The van der Waals surface area contributed by atoms with Crippen LogP contribution < -0.4 is 16.4 Å². The minimum absolute atomic E-state index is 0.259. The van der Waals surface area contributed by atoms with E-state index in [0.717, 1.165) is 7.05 Å². The van der Waals surface area contributed by atoms with Crippen LogP contribution in [0.25, 0.3) is 0 Å². The van der Waals surface area contributed by atoms with Gasteiger partial charge in [0.05, 0.1) is 6.61 Å². The molecule has 1 saturated heterocycles. The largest absolute Gasteiger partial charge is 0.481 e. The maximum Gasteiger partial charge on any atom is 0.407 e. The second kappa shape index (κ2) is 13.1. The Labute approximate surface area is 200 Å². The first kappa shape index (κ1) is 30.0. The highest BCUT2D eigenvalue weighted by Gasteiger charge is 2.49. The zero-order chi connectivity index (χ0) is 27.0. The fraction of sp³-hybridized carbons (Fsp3) is 0.737. The number of primary amides is 1. The molecule has 0 aliphatic carbocycles. The normalized spacial score (nSPS) is 26.6. The minimum Gasteiger partial charge on any atom is -0.481 e. The van der Waals surface area contributed by atoms with E-state index in [-0.39, 0.29) is 6.42 Å². The monoisotopic (exact) mass is 508 g/mol. The summed E-state index contributed by atoms with van der Waals surface area (Å²) < 4.78 is 10.6. The molecule has 0 aromatic rings. The number of hydrogen-bond acceptors (Lipinski definition) is 10.